The molecule has 0 saturated heterocycles. The first-order valence-electron chi connectivity index (χ1n) is 4.62. The van der Waals surface area contributed by atoms with Crippen molar-refractivity contribution in [2.45, 2.75) is 12.7 Å². The Kier molecular flexibility index (Phi) is 3.40. The van der Waals surface area contributed by atoms with Crippen LogP contribution >= 0.6 is 23.1 Å². The second-order valence-electron chi connectivity index (χ2n) is 3.38. The maximum absolute atomic E-state index is 12.5. The van der Waals surface area contributed by atoms with Gasteiger partial charge in [-0.15, -0.1) is 5.10 Å². The van der Waals surface area contributed by atoms with Gasteiger partial charge in [-0.25, -0.2) is 0 Å². The van der Waals surface area contributed by atoms with Gasteiger partial charge in [0.2, 0.25) is 0 Å². The summed E-state index contributed by atoms with van der Waals surface area (Å²) in [7, 11) is 0. The highest BCUT2D eigenvalue weighted by molar-refractivity contribution is 7.10. The Hall–Kier alpha value is -1.41. The molecule has 0 aliphatic carbocycles. The highest BCUT2D eigenvalue weighted by Gasteiger charge is 2.31. The number of aromatic nitrogens is 3. The molecule has 9 heteroatoms. The third-order valence-corrected chi connectivity index (χ3v) is 3.12. The molecule has 0 bridgehead atoms. The number of rotatable bonds is 2. The van der Waals surface area contributed by atoms with Crippen molar-refractivity contribution in [1.29, 1.82) is 0 Å². The average molecular weight is 296 g/mol. The highest BCUT2D eigenvalue weighted by atomic mass is 35.5. The zero-order valence-electron chi connectivity index (χ0n) is 8.61. The van der Waals surface area contributed by atoms with Crippen LogP contribution in [0.1, 0.15) is 11.3 Å². The second-order valence-corrected chi connectivity index (χ2v) is 4.73. The summed E-state index contributed by atoms with van der Waals surface area (Å²) in [5, 5.41) is 3.64. The zero-order chi connectivity index (χ0) is 13.3. The Morgan fingerprint density at radius 1 is 1.39 bits per heavy atom. The lowest BCUT2D eigenvalue weighted by Crippen LogP contribution is -2.22. The topological polar surface area (TPSA) is 47.8 Å². The van der Waals surface area contributed by atoms with Crippen LogP contribution in [0, 0.1) is 0 Å². The first-order chi connectivity index (χ1) is 8.38. The third kappa shape index (κ3) is 2.70. The molecule has 2 aromatic heterocycles. The molecule has 18 heavy (non-hydrogen) atoms. The molecule has 0 radical (unpaired) electrons. The molecule has 0 N–H and O–H groups in total. The van der Waals surface area contributed by atoms with Gasteiger partial charge in [-0.1, -0.05) is 16.1 Å². The van der Waals surface area contributed by atoms with Crippen LogP contribution in [0.4, 0.5) is 13.2 Å². The summed E-state index contributed by atoms with van der Waals surface area (Å²) in [5.74, 6) is 0. The van der Waals surface area contributed by atoms with Crippen molar-refractivity contribution < 1.29 is 13.2 Å². The number of alkyl halides is 3. The van der Waals surface area contributed by atoms with Gasteiger partial charge in [-0.05, 0) is 6.07 Å². The molecule has 2 heterocycles. The predicted octanol–water partition coefficient (Wildman–Crippen LogP) is 2.42. The largest absolute Gasteiger partial charge is 0.417 e. The average Bonchev–Trinajstić information content (AvgIpc) is 2.66. The van der Waals surface area contributed by atoms with Crippen molar-refractivity contribution in [3.05, 3.63) is 44.3 Å². The van der Waals surface area contributed by atoms with E-state index in [9.17, 15) is 18.0 Å². The fourth-order valence-corrected chi connectivity index (χ4v) is 1.89. The Morgan fingerprint density at radius 2 is 2.11 bits per heavy atom. The number of halogens is 4. The third-order valence-electron chi connectivity index (χ3n) is 2.14. The normalized spacial score (nSPS) is 11.8. The van der Waals surface area contributed by atoms with Crippen LogP contribution in [0.15, 0.2) is 23.1 Å². The second kappa shape index (κ2) is 4.69. The minimum Gasteiger partial charge on any atom is -0.309 e. The van der Waals surface area contributed by atoms with Gasteiger partial charge >= 0.3 is 6.18 Å². The van der Waals surface area contributed by atoms with E-state index < -0.39 is 17.3 Å². The summed E-state index contributed by atoms with van der Waals surface area (Å²) < 4.78 is 42.2. The van der Waals surface area contributed by atoms with E-state index in [-0.39, 0.29) is 16.6 Å². The molecule has 0 amide bonds. The summed E-state index contributed by atoms with van der Waals surface area (Å²) in [6.07, 6.45) is -3.77. The van der Waals surface area contributed by atoms with Gasteiger partial charge in [-0.3, -0.25) is 4.79 Å². The summed E-state index contributed by atoms with van der Waals surface area (Å²) in [4.78, 5) is 11.4. The van der Waals surface area contributed by atoms with E-state index in [1.165, 1.54) is 0 Å². The maximum Gasteiger partial charge on any atom is 0.417 e. The van der Waals surface area contributed by atoms with Crippen LogP contribution in [0.5, 0.6) is 0 Å². The molecule has 2 rings (SSSR count). The van der Waals surface area contributed by atoms with Gasteiger partial charge < -0.3 is 4.57 Å². The first kappa shape index (κ1) is 13.0. The lowest BCUT2D eigenvalue weighted by atomic mass is 10.2. The fourth-order valence-electron chi connectivity index (χ4n) is 1.28. The van der Waals surface area contributed by atoms with Crippen LogP contribution in [-0.4, -0.2) is 14.2 Å². The highest BCUT2D eigenvalue weighted by Crippen LogP contribution is 2.28. The van der Waals surface area contributed by atoms with Gasteiger partial charge in [0.25, 0.3) is 5.56 Å². The molecule has 0 aliphatic rings. The molecule has 0 saturated carbocycles. The zero-order valence-corrected chi connectivity index (χ0v) is 10.2. The number of pyridine rings is 1. The van der Waals surface area contributed by atoms with E-state index in [4.69, 9.17) is 11.6 Å². The number of hydrogen-bond acceptors (Lipinski definition) is 4. The van der Waals surface area contributed by atoms with Gasteiger partial charge in [0.15, 0.2) is 0 Å². The number of hydrogen-bond donors (Lipinski definition) is 0. The van der Waals surface area contributed by atoms with Gasteiger partial charge in [0, 0.05) is 23.8 Å². The summed E-state index contributed by atoms with van der Waals surface area (Å²) >= 11 is 6.63. The lowest BCUT2D eigenvalue weighted by Gasteiger charge is -2.09. The molecule has 0 aromatic carbocycles. The van der Waals surface area contributed by atoms with Crippen LogP contribution < -0.4 is 5.56 Å². The van der Waals surface area contributed by atoms with Crippen LogP contribution in [-0.2, 0) is 12.7 Å². The molecular weight excluding hydrogens is 291 g/mol. The Labute approximate surface area is 108 Å². The van der Waals surface area contributed by atoms with Crippen molar-refractivity contribution >= 4 is 23.1 Å². The first-order valence-corrected chi connectivity index (χ1v) is 5.77. The van der Waals surface area contributed by atoms with Crippen LogP contribution in [0.3, 0.4) is 0 Å². The standard InChI is InChI=1S/C9H5ClF3N3OS/c10-8-6(14-15-18-8)4-16-3-5(9(11,12)13)1-2-7(16)17/h1-3H,4H2. The van der Waals surface area contributed by atoms with E-state index in [0.29, 0.717) is 0 Å². The lowest BCUT2D eigenvalue weighted by molar-refractivity contribution is -0.138. The van der Waals surface area contributed by atoms with Crippen molar-refractivity contribution in [3.8, 4) is 0 Å². The maximum atomic E-state index is 12.5. The van der Waals surface area contributed by atoms with E-state index >= 15 is 0 Å². The van der Waals surface area contributed by atoms with Crippen LogP contribution in [0.2, 0.25) is 4.34 Å². The van der Waals surface area contributed by atoms with Crippen molar-refractivity contribution in [2.75, 3.05) is 0 Å². The number of nitrogens with zero attached hydrogens (tertiary/aromatic N) is 3. The summed E-state index contributed by atoms with van der Waals surface area (Å²) in [5.41, 5.74) is -1.20. The van der Waals surface area contributed by atoms with Crippen molar-refractivity contribution in [1.82, 2.24) is 14.2 Å². The van der Waals surface area contributed by atoms with Gasteiger partial charge in [0.1, 0.15) is 10.0 Å². The molecule has 0 atom stereocenters. The van der Waals surface area contributed by atoms with Crippen molar-refractivity contribution in [2.24, 2.45) is 0 Å². The Morgan fingerprint density at radius 3 is 2.67 bits per heavy atom. The molecule has 2 aromatic rings. The quantitative estimate of drug-likeness (QED) is 0.855. The summed E-state index contributed by atoms with van der Waals surface area (Å²) in [6.45, 7) is -0.141. The summed E-state index contributed by atoms with van der Waals surface area (Å²) in [6, 6.07) is 1.59. The van der Waals surface area contributed by atoms with E-state index in [2.05, 4.69) is 9.59 Å². The van der Waals surface area contributed by atoms with E-state index in [1.54, 1.807) is 0 Å². The fraction of sp³-hybridized carbons (Fsp3) is 0.222. The van der Waals surface area contributed by atoms with Gasteiger partial charge in [-0.2, -0.15) is 13.2 Å². The van der Waals surface area contributed by atoms with Crippen LogP contribution in [0.25, 0.3) is 0 Å². The minimum atomic E-state index is -4.50. The molecule has 4 nitrogen and oxygen atoms in total. The SMILES string of the molecule is O=c1ccc(C(F)(F)F)cn1Cc1nnsc1Cl. The van der Waals surface area contributed by atoms with E-state index in [0.717, 1.165) is 34.4 Å². The molecule has 96 valence electrons. The molecule has 0 spiro atoms. The van der Waals surface area contributed by atoms with E-state index in [1.807, 2.05) is 0 Å². The van der Waals surface area contributed by atoms with Crippen molar-refractivity contribution in [3.63, 3.8) is 0 Å². The van der Waals surface area contributed by atoms with Gasteiger partial charge in [0.05, 0.1) is 12.1 Å². The molecular formula is C9H5ClF3N3OS. The smallest absolute Gasteiger partial charge is 0.309 e. The predicted molar refractivity (Wildman–Crippen MR) is 59.7 cm³/mol. The monoisotopic (exact) mass is 295 g/mol. The molecule has 0 unspecified atom stereocenters. The Balaban J connectivity index is 2.39. The molecule has 0 fully saturated rings. The minimum absolute atomic E-state index is 0.141. The Bertz CT molecular complexity index is 622. The molecule has 0 aliphatic heterocycles.